The summed E-state index contributed by atoms with van der Waals surface area (Å²) in [4.78, 5) is 39.1. The molecule has 0 aromatic heterocycles. The first-order valence-electron chi connectivity index (χ1n) is 15.0. The summed E-state index contributed by atoms with van der Waals surface area (Å²) in [5.74, 6) is 0.565. The summed E-state index contributed by atoms with van der Waals surface area (Å²) in [7, 11) is 3.18. The van der Waals surface area contributed by atoms with E-state index in [9.17, 15) is 25.0 Å². The Labute approximate surface area is 265 Å². The van der Waals surface area contributed by atoms with Crippen LogP contribution in [-0.4, -0.2) is 67.0 Å². The number of fused-ring (bicyclic) bond motifs is 1. The molecule has 0 N–H and O–H groups in total. The number of rotatable bonds is 8. The number of allylic oxidation sites excluding steroid dienone is 1. The van der Waals surface area contributed by atoms with Crippen molar-refractivity contribution in [1.29, 1.82) is 0 Å². The normalized spacial score (nSPS) is 20.2. The summed E-state index contributed by atoms with van der Waals surface area (Å²) in [5.41, 5.74) is 2.16. The fraction of sp³-hybridized carbons (Fsp3) is 0.333. The maximum atomic E-state index is 14.4. The molecule has 3 aromatic carbocycles. The number of nitrogens with zero attached hydrogens (tertiary/aromatic N) is 5. The van der Waals surface area contributed by atoms with Gasteiger partial charge >= 0.3 is 0 Å². The molecule has 1 amide bonds. The number of anilines is 1. The average molecular weight is 628 g/mol. The standard InChI is InChI=1S/C33H33N5O8/c1-44-25-10-6-21(7-11-25)18-23-4-3-5-27-30(23)34-36(31(27)22-8-12-26(45-2)13-9-22)33(39)24-19-28(37(40)41)32(29(20-24)38(42)43)35-14-16-46-17-15-35/h6-13,18-20,27,31H,3-5,14-17H2,1-2H3/b23-18+/t27-,31-/m0/s1. The zero-order chi connectivity index (χ0) is 32.4. The van der Waals surface area contributed by atoms with Gasteiger partial charge in [0.05, 0.1) is 54.6 Å². The van der Waals surface area contributed by atoms with Crippen LogP contribution in [0.25, 0.3) is 6.08 Å². The van der Waals surface area contributed by atoms with Gasteiger partial charge in [-0.2, -0.15) is 5.10 Å². The smallest absolute Gasteiger partial charge is 0.300 e. The van der Waals surface area contributed by atoms with E-state index in [4.69, 9.17) is 19.3 Å². The first-order valence-corrected chi connectivity index (χ1v) is 15.0. The van der Waals surface area contributed by atoms with Gasteiger partial charge in [-0.1, -0.05) is 24.3 Å². The first kappa shape index (κ1) is 30.7. The second-order valence-corrected chi connectivity index (χ2v) is 11.3. The molecule has 46 heavy (non-hydrogen) atoms. The van der Waals surface area contributed by atoms with Crippen LogP contribution in [0.2, 0.25) is 0 Å². The molecule has 2 atom stereocenters. The van der Waals surface area contributed by atoms with Gasteiger partial charge in [0.1, 0.15) is 11.5 Å². The summed E-state index contributed by atoms with van der Waals surface area (Å²) in [6, 6.07) is 16.7. The maximum Gasteiger partial charge on any atom is 0.300 e. The summed E-state index contributed by atoms with van der Waals surface area (Å²) in [5, 5.41) is 30.8. The fourth-order valence-electron chi connectivity index (χ4n) is 6.45. The number of amides is 1. The van der Waals surface area contributed by atoms with Crippen LogP contribution in [0.3, 0.4) is 0 Å². The number of hydrogen-bond donors (Lipinski definition) is 0. The molecule has 1 saturated carbocycles. The number of ether oxygens (including phenoxy) is 3. The predicted octanol–water partition coefficient (Wildman–Crippen LogP) is 5.79. The maximum absolute atomic E-state index is 14.4. The molecule has 2 heterocycles. The van der Waals surface area contributed by atoms with Crippen molar-refractivity contribution in [3.05, 3.63) is 103 Å². The molecule has 0 bridgehead atoms. The van der Waals surface area contributed by atoms with Gasteiger partial charge in [-0.3, -0.25) is 25.0 Å². The molecule has 238 valence electrons. The summed E-state index contributed by atoms with van der Waals surface area (Å²) in [6.07, 6.45) is 4.43. The van der Waals surface area contributed by atoms with Gasteiger partial charge < -0.3 is 19.1 Å². The van der Waals surface area contributed by atoms with Gasteiger partial charge in [-0.05, 0) is 66.3 Å². The summed E-state index contributed by atoms with van der Waals surface area (Å²) in [6.45, 7) is 1.05. The number of benzene rings is 3. The molecule has 13 heteroatoms. The van der Waals surface area contributed by atoms with E-state index in [0.717, 1.165) is 59.6 Å². The van der Waals surface area contributed by atoms with E-state index >= 15 is 0 Å². The highest BCUT2D eigenvalue weighted by molar-refractivity contribution is 6.09. The minimum absolute atomic E-state index is 0.132. The van der Waals surface area contributed by atoms with Gasteiger partial charge in [0.2, 0.25) is 0 Å². The van der Waals surface area contributed by atoms with Crippen LogP contribution >= 0.6 is 0 Å². The minimum atomic E-state index is -0.680. The van der Waals surface area contributed by atoms with Crippen molar-refractivity contribution < 1.29 is 28.9 Å². The van der Waals surface area contributed by atoms with Crippen molar-refractivity contribution in [2.24, 2.45) is 11.0 Å². The van der Waals surface area contributed by atoms with Gasteiger partial charge in [0, 0.05) is 31.1 Å². The number of nitro benzene ring substituents is 2. The molecule has 6 rings (SSSR count). The van der Waals surface area contributed by atoms with Crippen molar-refractivity contribution in [2.75, 3.05) is 45.4 Å². The lowest BCUT2D eigenvalue weighted by molar-refractivity contribution is -0.392. The van der Waals surface area contributed by atoms with Crippen molar-refractivity contribution in [3.63, 3.8) is 0 Å². The number of morpholine rings is 1. The molecule has 3 aromatic rings. The predicted molar refractivity (Wildman–Crippen MR) is 170 cm³/mol. The largest absolute Gasteiger partial charge is 0.497 e. The lowest BCUT2D eigenvalue weighted by atomic mass is 9.77. The Morgan fingerprint density at radius 1 is 0.935 bits per heavy atom. The molecule has 13 nitrogen and oxygen atoms in total. The third kappa shape index (κ3) is 5.88. The molecule has 1 saturated heterocycles. The van der Waals surface area contributed by atoms with Crippen LogP contribution in [0.5, 0.6) is 11.5 Å². The molecule has 0 spiro atoms. The van der Waals surface area contributed by atoms with E-state index in [1.807, 2.05) is 36.4 Å². The topological polar surface area (TPSA) is 150 Å². The number of carbonyl (C=O) groups is 1. The van der Waals surface area contributed by atoms with Crippen molar-refractivity contribution in [1.82, 2.24) is 5.01 Å². The van der Waals surface area contributed by atoms with Gasteiger partial charge in [0.25, 0.3) is 17.3 Å². The van der Waals surface area contributed by atoms with E-state index in [-0.39, 0.29) is 43.5 Å². The number of hydrogen-bond acceptors (Lipinski definition) is 10. The minimum Gasteiger partial charge on any atom is -0.497 e. The Balaban J connectivity index is 1.45. The van der Waals surface area contributed by atoms with E-state index in [1.54, 1.807) is 31.3 Å². The Kier molecular flexibility index (Phi) is 8.66. The molecule has 0 unspecified atom stereocenters. The lowest BCUT2D eigenvalue weighted by Crippen LogP contribution is -2.37. The Morgan fingerprint density at radius 3 is 2.09 bits per heavy atom. The lowest BCUT2D eigenvalue weighted by Gasteiger charge is -2.30. The van der Waals surface area contributed by atoms with Crippen LogP contribution < -0.4 is 14.4 Å². The molecule has 1 aliphatic carbocycles. The zero-order valence-electron chi connectivity index (χ0n) is 25.5. The van der Waals surface area contributed by atoms with E-state index in [2.05, 4.69) is 6.08 Å². The van der Waals surface area contributed by atoms with Crippen molar-refractivity contribution in [3.8, 4) is 11.5 Å². The van der Waals surface area contributed by atoms with Crippen molar-refractivity contribution >= 4 is 34.8 Å². The second-order valence-electron chi connectivity index (χ2n) is 11.3. The summed E-state index contributed by atoms with van der Waals surface area (Å²) < 4.78 is 16.0. The van der Waals surface area contributed by atoms with Crippen LogP contribution in [0.4, 0.5) is 17.1 Å². The Morgan fingerprint density at radius 2 is 1.52 bits per heavy atom. The van der Waals surface area contributed by atoms with Crippen molar-refractivity contribution in [2.45, 2.75) is 25.3 Å². The first-order chi connectivity index (χ1) is 22.3. The highest BCUT2D eigenvalue weighted by atomic mass is 16.6. The number of nitro groups is 2. The second kappa shape index (κ2) is 13.0. The SMILES string of the molecule is COc1ccc(/C=C2\CCC[C@H]3C2=NN(C(=O)c2cc([N+](=O)[O-])c(N4CCOCC4)c([N+](=O)[O-])c2)[C@H]3c2ccc(OC)cc2)cc1. The van der Waals surface area contributed by atoms with E-state index in [0.29, 0.717) is 5.75 Å². The van der Waals surface area contributed by atoms with Crippen LogP contribution in [0, 0.1) is 26.1 Å². The molecule has 0 radical (unpaired) electrons. The third-order valence-electron chi connectivity index (χ3n) is 8.66. The highest BCUT2D eigenvalue weighted by Crippen LogP contribution is 2.46. The molecule has 3 aliphatic rings. The van der Waals surface area contributed by atoms with E-state index < -0.39 is 33.2 Å². The molecular formula is C33H33N5O8. The molecule has 2 aliphatic heterocycles. The van der Waals surface area contributed by atoms with Gasteiger partial charge in [-0.25, -0.2) is 5.01 Å². The van der Waals surface area contributed by atoms with Crippen LogP contribution in [0.1, 0.15) is 46.8 Å². The Hall–Kier alpha value is -5.30. The molecule has 2 fully saturated rings. The fourth-order valence-corrected chi connectivity index (χ4v) is 6.45. The van der Waals surface area contributed by atoms with Gasteiger partial charge in [0.15, 0.2) is 5.69 Å². The third-order valence-corrected chi connectivity index (χ3v) is 8.66. The summed E-state index contributed by atoms with van der Waals surface area (Å²) >= 11 is 0. The number of methoxy groups -OCH3 is 2. The average Bonchev–Trinajstić information content (AvgIpc) is 3.48. The number of carbonyl (C=O) groups excluding carboxylic acids is 1. The quantitative estimate of drug-likeness (QED) is 0.223. The Bertz CT molecular complexity index is 1680. The highest BCUT2D eigenvalue weighted by Gasteiger charge is 2.45. The van der Waals surface area contributed by atoms with Crippen LogP contribution in [0.15, 0.2) is 71.3 Å². The molecular weight excluding hydrogens is 594 g/mol. The van der Waals surface area contributed by atoms with E-state index in [1.165, 1.54) is 5.01 Å². The monoisotopic (exact) mass is 627 g/mol. The number of hydrazone groups is 1. The zero-order valence-corrected chi connectivity index (χ0v) is 25.5. The van der Waals surface area contributed by atoms with Crippen LogP contribution in [-0.2, 0) is 4.74 Å². The van der Waals surface area contributed by atoms with Gasteiger partial charge in [-0.15, -0.1) is 0 Å².